The Labute approximate surface area is 137 Å². The van der Waals surface area contributed by atoms with Gasteiger partial charge in [-0.25, -0.2) is 8.42 Å². The molecule has 0 unspecified atom stereocenters. The quantitative estimate of drug-likeness (QED) is 0.837. The molecule has 1 atom stereocenters. The molecule has 24 heavy (non-hydrogen) atoms. The van der Waals surface area contributed by atoms with Gasteiger partial charge in [0.1, 0.15) is 5.75 Å². The van der Waals surface area contributed by atoms with Crippen LogP contribution < -0.4 is 4.74 Å². The maximum absolute atomic E-state index is 12.7. The standard InChI is InChI=1S/C17H13F3O3S/c18-17(19,20)16-9-6-13-10-14(7-8-15(13)23-16)24(21,22)11-12-4-2-1-3-5-12/h1-10,16H,11H2/t16-/m0/s1. The molecule has 3 nitrogen and oxygen atoms in total. The van der Waals surface area contributed by atoms with Gasteiger partial charge in [0.15, 0.2) is 9.84 Å². The first-order chi connectivity index (χ1) is 11.3. The lowest BCUT2D eigenvalue weighted by Crippen LogP contribution is -2.33. The van der Waals surface area contributed by atoms with Crippen LogP contribution in [0, 0.1) is 0 Å². The van der Waals surface area contributed by atoms with Crippen LogP contribution >= 0.6 is 0 Å². The van der Waals surface area contributed by atoms with Crippen molar-refractivity contribution in [1.29, 1.82) is 0 Å². The lowest BCUT2D eigenvalue weighted by Gasteiger charge is -2.23. The molecule has 0 N–H and O–H groups in total. The van der Waals surface area contributed by atoms with E-state index in [2.05, 4.69) is 0 Å². The van der Waals surface area contributed by atoms with E-state index >= 15 is 0 Å². The van der Waals surface area contributed by atoms with Gasteiger partial charge in [-0.2, -0.15) is 13.2 Å². The van der Waals surface area contributed by atoms with E-state index in [1.165, 1.54) is 24.3 Å². The zero-order chi connectivity index (χ0) is 17.4. The van der Waals surface area contributed by atoms with Crippen LogP contribution in [0.25, 0.3) is 6.08 Å². The lowest BCUT2D eigenvalue weighted by molar-refractivity contribution is -0.180. The molecule has 0 saturated carbocycles. The first-order valence-corrected chi connectivity index (χ1v) is 8.73. The molecule has 1 aliphatic heterocycles. The zero-order valence-electron chi connectivity index (χ0n) is 12.3. The molecule has 0 amide bonds. The Morgan fingerprint density at radius 3 is 2.42 bits per heavy atom. The zero-order valence-corrected chi connectivity index (χ0v) is 13.1. The Bertz CT molecular complexity index is 872. The van der Waals surface area contributed by atoms with E-state index in [-0.39, 0.29) is 16.4 Å². The van der Waals surface area contributed by atoms with Crippen molar-refractivity contribution in [2.24, 2.45) is 0 Å². The maximum Gasteiger partial charge on any atom is 0.429 e. The summed E-state index contributed by atoms with van der Waals surface area (Å²) >= 11 is 0. The molecule has 2 aromatic carbocycles. The smallest absolute Gasteiger partial charge is 0.429 e. The fourth-order valence-electron chi connectivity index (χ4n) is 2.38. The summed E-state index contributed by atoms with van der Waals surface area (Å²) < 4.78 is 67.8. The summed E-state index contributed by atoms with van der Waals surface area (Å²) in [6.07, 6.45) is -4.42. The third-order valence-electron chi connectivity index (χ3n) is 3.57. The minimum atomic E-state index is -4.51. The average Bonchev–Trinajstić information content (AvgIpc) is 2.53. The summed E-state index contributed by atoms with van der Waals surface area (Å²) in [6.45, 7) is 0. The van der Waals surface area contributed by atoms with E-state index in [1.807, 2.05) is 0 Å². The van der Waals surface area contributed by atoms with Gasteiger partial charge in [0, 0.05) is 5.56 Å². The Morgan fingerprint density at radius 2 is 1.75 bits per heavy atom. The van der Waals surface area contributed by atoms with Crippen LogP contribution in [0.2, 0.25) is 0 Å². The second kappa shape index (κ2) is 5.98. The molecule has 0 spiro atoms. The fourth-order valence-corrected chi connectivity index (χ4v) is 3.76. The minimum absolute atomic E-state index is 0.0125. The monoisotopic (exact) mass is 354 g/mol. The summed E-state index contributed by atoms with van der Waals surface area (Å²) in [7, 11) is -3.60. The van der Waals surface area contributed by atoms with Gasteiger partial charge in [-0.15, -0.1) is 0 Å². The van der Waals surface area contributed by atoms with Gasteiger partial charge >= 0.3 is 6.18 Å². The van der Waals surface area contributed by atoms with Crippen LogP contribution in [0.5, 0.6) is 5.75 Å². The molecule has 0 radical (unpaired) electrons. The van der Waals surface area contributed by atoms with E-state index < -0.39 is 22.1 Å². The SMILES string of the molecule is O=S(=O)(Cc1ccccc1)c1ccc2c(c1)C=C[C@@H](C(F)(F)F)O2. The Hall–Kier alpha value is -2.28. The fraction of sp³-hybridized carbons (Fsp3) is 0.176. The minimum Gasteiger partial charge on any atom is -0.476 e. The highest BCUT2D eigenvalue weighted by molar-refractivity contribution is 7.90. The highest BCUT2D eigenvalue weighted by atomic mass is 32.2. The molecule has 7 heteroatoms. The first kappa shape index (κ1) is 16.6. The molecule has 0 bridgehead atoms. The van der Waals surface area contributed by atoms with Crippen molar-refractivity contribution in [2.75, 3.05) is 0 Å². The number of rotatable bonds is 3. The normalized spacial score (nSPS) is 17.2. The number of fused-ring (bicyclic) bond motifs is 1. The number of alkyl halides is 3. The van der Waals surface area contributed by atoms with Crippen LogP contribution in [-0.4, -0.2) is 20.7 Å². The van der Waals surface area contributed by atoms with Gasteiger partial charge in [-0.1, -0.05) is 36.4 Å². The maximum atomic E-state index is 12.7. The topological polar surface area (TPSA) is 43.4 Å². The third kappa shape index (κ3) is 3.46. The number of sulfone groups is 1. The van der Waals surface area contributed by atoms with E-state index in [4.69, 9.17) is 4.74 Å². The number of ether oxygens (including phenoxy) is 1. The first-order valence-electron chi connectivity index (χ1n) is 7.08. The van der Waals surface area contributed by atoms with Gasteiger partial charge in [-0.05, 0) is 29.8 Å². The molecule has 0 saturated heterocycles. The van der Waals surface area contributed by atoms with Gasteiger partial charge in [0.2, 0.25) is 6.10 Å². The number of hydrogen-bond donors (Lipinski definition) is 0. The van der Waals surface area contributed by atoms with E-state index in [0.29, 0.717) is 11.1 Å². The van der Waals surface area contributed by atoms with E-state index in [0.717, 1.165) is 6.08 Å². The van der Waals surface area contributed by atoms with E-state index in [1.54, 1.807) is 30.3 Å². The molecule has 126 valence electrons. The second-order valence-corrected chi connectivity index (χ2v) is 7.37. The highest BCUT2D eigenvalue weighted by Crippen LogP contribution is 2.34. The van der Waals surface area contributed by atoms with Crippen LogP contribution in [0.15, 0.2) is 59.5 Å². The van der Waals surface area contributed by atoms with Crippen molar-refractivity contribution in [3.8, 4) is 5.75 Å². The van der Waals surface area contributed by atoms with Crippen LogP contribution in [0.4, 0.5) is 13.2 Å². The number of benzene rings is 2. The van der Waals surface area contributed by atoms with Crippen molar-refractivity contribution < 1.29 is 26.3 Å². The van der Waals surface area contributed by atoms with Crippen LogP contribution in [-0.2, 0) is 15.6 Å². The largest absolute Gasteiger partial charge is 0.476 e. The third-order valence-corrected chi connectivity index (χ3v) is 5.25. The molecule has 0 aromatic heterocycles. The molecular weight excluding hydrogens is 341 g/mol. The van der Waals surface area contributed by atoms with Gasteiger partial charge in [-0.3, -0.25) is 0 Å². The van der Waals surface area contributed by atoms with Crippen molar-refractivity contribution >= 4 is 15.9 Å². The molecular formula is C17H13F3O3S. The van der Waals surface area contributed by atoms with Gasteiger partial charge < -0.3 is 4.74 Å². The Balaban J connectivity index is 1.88. The Kier molecular flexibility index (Phi) is 4.13. The van der Waals surface area contributed by atoms with Gasteiger partial charge in [0.25, 0.3) is 0 Å². The summed E-state index contributed by atoms with van der Waals surface area (Å²) in [5.74, 6) is -0.166. The summed E-state index contributed by atoms with van der Waals surface area (Å²) in [4.78, 5) is 0.0452. The van der Waals surface area contributed by atoms with Crippen molar-refractivity contribution in [3.05, 3.63) is 65.7 Å². The van der Waals surface area contributed by atoms with E-state index in [9.17, 15) is 21.6 Å². The van der Waals surface area contributed by atoms with Gasteiger partial charge in [0.05, 0.1) is 10.6 Å². The van der Waals surface area contributed by atoms with Crippen molar-refractivity contribution in [1.82, 2.24) is 0 Å². The highest BCUT2D eigenvalue weighted by Gasteiger charge is 2.41. The van der Waals surface area contributed by atoms with Crippen LogP contribution in [0.1, 0.15) is 11.1 Å². The lowest BCUT2D eigenvalue weighted by atomic mass is 10.1. The molecule has 2 aromatic rings. The molecule has 0 fully saturated rings. The summed E-state index contributed by atoms with van der Waals surface area (Å²) in [6, 6.07) is 12.5. The summed E-state index contributed by atoms with van der Waals surface area (Å²) in [5, 5.41) is 0. The van der Waals surface area contributed by atoms with Crippen molar-refractivity contribution in [2.45, 2.75) is 22.9 Å². The molecule has 1 aliphatic rings. The molecule has 1 heterocycles. The second-order valence-electron chi connectivity index (χ2n) is 5.38. The molecule has 0 aliphatic carbocycles. The predicted octanol–water partition coefficient (Wildman–Crippen LogP) is 4.00. The molecule has 3 rings (SSSR count). The number of hydrogen-bond acceptors (Lipinski definition) is 3. The number of halogens is 3. The predicted molar refractivity (Wildman–Crippen MR) is 83.3 cm³/mol. The summed E-state index contributed by atoms with van der Waals surface area (Å²) in [5.41, 5.74) is 0.948. The average molecular weight is 354 g/mol. The van der Waals surface area contributed by atoms with Crippen molar-refractivity contribution in [3.63, 3.8) is 0 Å². The Morgan fingerprint density at radius 1 is 1.04 bits per heavy atom. The van der Waals surface area contributed by atoms with Crippen LogP contribution in [0.3, 0.4) is 0 Å².